The molecule has 0 aliphatic rings. The molecule has 0 heterocycles. The molecule has 0 amide bonds. The van der Waals surface area contributed by atoms with Crippen molar-refractivity contribution < 1.29 is 0 Å². The van der Waals surface area contributed by atoms with Gasteiger partial charge < -0.3 is 4.90 Å². The van der Waals surface area contributed by atoms with Gasteiger partial charge in [-0.05, 0) is 33.3 Å². The van der Waals surface area contributed by atoms with E-state index in [1.54, 1.807) is 6.20 Å². The van der Waals surface area contributed by atoms with E-state index < -0.39 is 0 Å². The highest BCUT2D eigenvalue weighted by Gasteiger charge is 2.02. The van der Waals surface area contributed by atoms with Crippen LogP contribution in [0.2, 0.25) is 0 Å². The summed E-state index contributed by atoms with van der Waals surface area (Å²) in [5, 5.41) is 0. The van der Waals surface area contributed by atoms with Crippen LogP contribution in [-0.4, -0.2) is 4.90 Å². The average molecular weight is 177 g/mol. The van der Waals surface area contributed by atoms with Crippen molar-refractivity contribution in [2.45, 2.75) is 27.7 Å². The zero-order chi connectivity index (χ0) is 10.4. The minimum absolute atomic E-state index is 0.983. The molecule has 0 saturated heterocycles. The quantitative estimate of drug-likeness (QED) is 0.590. The summed E-state index contributed by atoms with van der Waals surface area (Å²) in [6.07, 6.45) is 5.89. The second-order valence-electron chi connectivity index (χ2n) is 3.06. The van der Waals surface area contributed by atoms with Crippen molar-refractivity contribution in [1.29, 1.82) is 0 Å². The molecule has 0 N–H and O–H groups in total. The minimum Gasteiger partial charge on any atom is -0.326 e. The number of rotatable bonds is 4. The highest BCUT2D eigenvalue weighted by Crippen LogP contribution is 2.15. The van der Waals surface area contributed by atoms with Crippen LogP contribution < -0.4 is 0 Å². The standard InChI is InChI=1S/C12H19N/c1-7-9-11(5)12(6)13(8-2)10(3)4/h7-9H,2-3H2,1,4-6H3/b9-7-,12-11-. The van der Waals surface area contributed by atoms with Crippen LogP contribution in [0, 0.1) is 0 Å². The number of allylic oxidation sites excluding steroid dienone is 5. The van der Waals surface area contributed by atoms with Crippen molar-refractivity contribution in [3.63, 3.8) is 0 Å². The van der Waals surface area contributed by atoms with E-state index in [1.807, 2.05) is 24.8 Å². The molecule has 1 heteroatoms. The highest BCUT2D eigenvalue weighted by atomic mass is 15.1. The predicted molar refractivity (Wildman–Crippen MR) is 60.0 cm³/mol. The predicted octanol–water partition coefficient (Wildman–Crippen LogP) is 3.84. The Kier molecular flexibility index (Phi) is 4.90. The Labute approximate surface area is 81.8 Å². The Balaban J connectivity index is 4.91. The fourth-order valence-electron chi connectivity index (χ4n) is 1.14. The monoisotopic (exact) mass is 177 g/mol. The van der Waals surface area contributed by atoms with Crippen molar-refractivity contribution in [1.82, 2.24) is 4.90 Å². The molecule has 72 valence electrons. The molecule has 0 aromatic carbocycles. The van der Waals surface area contributed by atoms with Gasteiger partial charge in [-0.25, -0.2) is 0 Å². The summed E-state index contributed by atoms with van der Waals surface area (Å²) in [4.78, 5) is 1.98. The number of nitrogens with zero attached hydrogens (tertiary/aromatic N) is 1. The third kappa shape index (κ3) is 3.32. The van der Waals surface area contributed by atoms with Gasteiger partial charge in [0.2, 0.25) is 0 Å². The van der Waals surface area contributed by atoms with Crippen LogP contribution in [0.25, 0.3) is 0 Å². The summed E-state index contributed by atoms with van der Waals surface area (Å²) in [7, 11) is 0. The van der Waals surface area contributed by atoms with Crippen LogP contribution in [0.3, 0.4) is 0 Å². The topological polar surface area (TPSA) is 3.24 Å². The van der Waals surface area contributed by atoms with Crippen LogP contribution in [0.5, 0.6) is 0 Å². The maximum Gasteiger partial charge on any atom is 0.0220 e. The van der Waals surface area contributed by atoms with Gasteiger partial charge in [0.15, 0.2) is 0 Å². The zero-order valence-electron chi connectivity index (χ0n) is 9.09. The lowest BCUT2D eigenvalue weighted by molar-refractivity contribution is 0.575. The zero-order valence-corrected chi connectivity index (χ0v) is 9.09. The summed E-state index contributed by atoms with van der Waals surface area (Å²) >= 11 is 0. The molecule has 0 spiro atoms. The van der Waals surface area contributed by atoms with E-state index >= 15 is 0 Å². The normalized spacial score (nSPS) is 12.6. The Morgan fingerprint density at radius 3 is 2.08 bits per heavy atom. The van der Waals surface area contributed by atoms with Gasteiger partial charge in [0.25, 0.3) is 0 Å². The molecular formula is C12H19N. The van der Waals surface area contributed by atoms with E-state index in [1.165, 1.54) is 11.3 Å². The van der Waals surface area contributed by atoms with Crippen molar-refractivity contribution in [3.8, 4) is 0 Å². The summed E-state index contributed by atoms with van der Waals surface area (Å²) in [5.41, 5.74) is 3.38. The summed E-state index contributed by atoms with van der Waals surface area (Å²) in [6.45, 7) is 15.8. The number of hydrogen-bond donors (Lipinski definition) is 0. The first-order valence-corrected chi connectivity index (χ1v) is 4.42. The van der Waals surface area contributed by atoms with Crippen molar-refractivity contribution >= 4 is 0 Å². The smallest absolute Gasteiger partial charge is 0.0220 e. The van der Waals surface area contributed by atoms with Crippen molar-refractivity contribution in [3.05, 3.63) is 48.5 Å². The lowest BCUT2D eigenvalue weighted by Crippen LogP contribution is -2.12. The molecule has 0 radical (unpaired) electrons. The van der Waals surface area contributed by atoms with Gasteiger partial charge in [-0.1, -0.05) is 25.3 Å². The largest absolute Gasteiger partial charge is 0.326 e. The van der Waals surface area contributed by atoms with Crippen LogP contribution in [0.15, 0.2) is 48.5 Å². The third-order valence-electron chi connectivity index (χ3n) is 1.94. The van der Waals surface area contributed by atoms with Gasteiger partial charge in [-0.3, -0.25) is 0 Å². The summed E-state index contributed by atoms with van der Waals surface area (Å²) in [5.74, 6) is 0. The van der Waals surface area contributed by atoms with E-state index in [9.17, 15) is 0 Å². The van der Waals surface area contributed by atoms with E-state index in [2.05, 4.69) is 33.1 Å². The molecule has 0 aliphatic carbocycles. The van der Waals surface area contributed by atoms with E-state index in [-0.39, 0.29) is 0 Å². The van der Waals surface area contributed by atoms with Gasteiger partial charge in [-0.15, -0.1) is 0 Å². The van der Waals surface area contributed by atoms with Crippen LogP contribution in [-0.2, 0) is 0 Å². The molecule has 0 saturated carbocycles. The van der Waals surface area contributed by atoms with Crippen LogP contribution >= 0.6 is 0 Å². The molecule has 0 fully saturated rings. The fraction of sp³-hybridized carbons (Fsp3) is 0.333. The van der Waals surface area contributed by atoms with Crippen molar-refractivity contribution in [2.75, 3.05) is 0 Å². The van der Waals surface area contributed by atoms with Gasteiger partial charge in [0.1, 0.15) is 0 Å². The van der Waals surface area contributed by atoms with Gasteiger partial charge >= 0.3 is 0 Å². The second-order valence-corrected chi connectivity index (χ2v) is 3.06. The summed E-state index contributed by atoms with van der Waals surface area (Å²) in [6, 6.07) is 0. The molecule has 0 rings (SSSR count). The maximum absolute atomic E-state index is 3.89. The Bertz CT molecular complexity index is 256. The van der Waals surface area contributed by atoms with E-state index in [0.717, 1.165) is 5.70 Å². The molecule has 0 bridgehead atoms. The molecule has 0 atom stereocenters. The Morgan fingerprint density at radius 2 is 1.77 bits per heavy atom. The highest BCUT2D eigenvalue weighted by molar-refractivity contribution is 5.25. The minimum atomic E-state index is 0.983. The molecule has 0 aliphatic heterocycles. The average Bonchev–Trinajstić information content (AvgIpc) is 2.05. The van der Waals surface area contributed by atoms with Gasteiger partial charge in [0, 0.05) is 17.6 Å². The van der Waals surface area contributed by atoms with Crippen LogP contribution in [0.1, 0.15) is 27.7 Å². The third-order valence-corrected chi connectivity index (χ3v) is 1.94. The number of hydrogen-bond acceptors (Lipinski definition) is 1. The lowest BCUT2D eigenvalue weighted by atomic mass is 10.2. The molecule has 1 nitrogen and oxygen atoms in total. The summed E-state index contributed by atoms with van der Waals surface area (Å²) < 4.78 is 0. The SMILES string of the molecule is C=CN(C(=C)C)/C(C)=C(C)\C=C/C. The first-order chi connectivity index (χ1) is 6.04. The Morgan fingerprint density at radius 1 is 1.23 bits per heavy atom. The first kappa shape index (κ1) is 11.8. The van der Waals surface area contributed by atoms with Gasteiger partial charge in [0.05, 0.1) is 0 Å². The fourth-order valence-corrected chi connectivity index (χ4v) is 1.14. The second kappa shape index (κ2) is 5.41. The molecule has 13 heavy (non-hydrogen) atoms. The van der Waals surface area contributed by atoms with Gasteiger partial charge in [-0.2, -0.15) is 0 Å². The molecular weight excluding hydrogens is 158 g/mol. The van der Waals surface area contributed by atoms with E-state index in [0.29, 0.717) is 0 Å². The van der Waals surface area contributed by atoms with Crippen molar-refractivity contribution in [2.24, 2.45) is 0 Å². The molecule has 0 aromatic heterocycles. The molecule has 0 unspecified atom stereocenters. The first-order valence-electron chi connectivity index (χ1n) is 4.42. The molecule has 0 aromatic rings. The van der Waals surface area contributed by atoms with Crippen LogP contribution in [0.4, 0.5) is 0 Å². The lowest BCUT2D eigenvalue weighted by Gasteiger charge is -2.21. The van der Waals surface area contributed by atoms with E-state index in [4.69, 9.17) is 0 Å². The Hall–Kier alpha value is -1.24. The maximum atomic E-state index is 3.89.